The molecule has 3 aliphatic rings. The van der Waals surface area contributed by atoms with Crippen LogP contribution >= 0.6 is 0 Å². The maximum absolute atomic E-state index is 13.6. The molecule has 0 saturated carbocycles. The summed E-state index contributed by atoms with van der Waals surface area (Å²) in [5, 5.41) is 24.1. The van der Waals surface area contributed by atoms with Gasteiger partial charge in [-0.2, -0.15) is 4.40 Å². The minimum Gasteiger partial charge on any atom is -0.385 e. The van der Waals surface area contributed by atoms with Gasteiger partial charge < -0.3 is 14.4 Å². The van der Waals surface area contributed by atoms with E-state index in [0.29, 0.717) is 25.1 Å². The van der Waals surface area contributed by atoms with Crippen LogP contribution in [0.4, 0.5) is 16.2 Å². The lowest BCUT2D eigenvalue weighted by atomic mass is 9.74. The van der Waals surface area contributed by atoms with E-state index in [1.165, 1.54) is 4.90 Å². The lowest BCUT2D eigenvalue weighted by Gasteiger charge is -2.47. The highest BCUT2D eigenvalue weighted by atomic mass is 32.2. The number of esters is 3. The molecule has 1 N–H and O–H groups in total. The molecule has 3 aliphatic heterocycles. The van der Waals surface area contributed by atoms with Crippen LogP contribution in [0.25, 0.3) is 0 Å². The van der Waals surface area contributed by atoms with Gasteiger partial charge >= 0.3 is 24.0 Å². The molecule has 19 nitrogen and oxygen atoms in total. The smallest absolute Gasteiger partial charge is 0.385 e. The summed E-state index contributed by atoms with van der Waals surface area (Å²) >= 11 is 0. The molecule has 286 valence electrons. The fraction of sp³-hybridized carbons (Fsp3) is 0.412. The van der Waals surface area contributed by atoms with Gasteiger partial charge in [-0.05, 0) is 54.6 Å². The Hall–Kier alpha value is -5.89. The van der Waals surface area contributed by atoms with Crippen LogP contribution in [0.15, 0.2) is 64.2 Å². The van der Waals surface area contributed by atoms with Crippen molar-refractivity contribution in [1.29, 1.82) is 0 Å². The Kier molecular flexibility index (Phi) is 11.4. The Balaban J connectivity index is 1.28. The van der Waals surface area contributed by atoms with Crippen molar-refractivity contribution in [3.05, 3.63) is 91.2 Å². The van der Waals surface area contributed by atoms with Crippen molar-refractivity contribution in [2.24, 2.45) is 28.1 Å². The summed E-state index contributed by atoms with van der Waals surface area (Å²) < 4.78 is 37.7. The summed E-state index contributed by atoms with van der Waals surface area (Å²) in [6, 6.07) is 8.45. The van der Waals surface area contributed by atoms with Gasteiger partial charge in [-0.1, -0.05) is 20.8 Å². The van der Waals surface area contributed by atoms with Gasteiger partial charge in [0, 0.05) is 49.7 Å². The van der Waals surface area contributed by atoms with E-state index < -0.39 is 43.9 Å². The zero-order valence-electron chi connectivity index (χ0n) is 29.5. The van der Waals surface area contributed by atoms with Gasteiger partial charge in [0.2, 0.25) is 5.91 Å². The number of benzene rings is 2. The molecule has 3 heterocycles. The van der Waals surface area contributed by atoms with Crippen LogP contribution in [0.2, 0.25) is 0 Å². The Labute approximate surface area is 308 Å². The second-order valence-electron chi connectivity index (χ2n) is 13.6. The molecule has 0 bridgehead atoms. The first-order valence-electron chi connectivity index (χ1n) is 16.7. The van der Waals surface area contributed by atoms with E-state index in [0.717, 1.165) is 54.8 Å². The Morgan fingerprint density at radius 2 is 1.46 bits per heavy atom. The molecule has 0 spiro atoms. The van der Waals surface area contributed by atoms with E-state index in [2.05, 4.69) is 9.71 Å². The third kappa shape index (κ3) is 8.66. The van der Waals surface area contributed by atoms with Crippen molar-refractivity contribution < 1.29 is 51.7 Å². The average Bonchev–Trinajstić information content (AvgIpc) is 3.62. The van der Waals surface area contributed by atoms with Crippen molar-refractivity contribution >= 4 is 57.1 Å². The molecule has 4 atom stereocenters. The number of non-ortho nitro benzene ring substituents is 2. The minimum absolute atomic E-state index is 0.0353. The number of carbonyl (C=O) groups is 5. The molecule has 2 fully saturated rings. The molecule has 2 aromatic rings. The summed E-state index contributed by atoms with van der Waals surface area (Å²) in [7, 11) is -4.02. The van der Waals surface area contributed by atoms with Crippen molar-refractivity contribution in [1.82, 2.24) is 15.1 Å². The quantitative estimate of drug-likeness (QED) is 0.0655. The lowest BCUT2D eigenvalue weighted by molar-refractivity contribution is -0.385. The number of nitro groups is 2. The Morgan fingerprint density at radius 3 is 1.96 bits per heavy atom. The molecule has 2 saturated heterocycles. The number of nitrogens with one attached hydrogen (secondary N) is 1. The zero-order chi connectivity index (χ0) is 39.6. The van der Waals surface area contributed by atoms with Crippen LogP contribution < -0.4 is 5.32 Å². The molecular weight excluding hydrogens is 732 g/mol. The molecule has 5 rings (SSSR count). The molecule has 54 heavy (non-hydrogen) atoms. The number of alkyl carbamates (subject to hydrolysis) is 1. The number of carbonyl (C=O) groups excluding carboxylic acids is 5. The van der Waals surface area contributed by atoms with E-state index in [4.69, 9.17) is 9.47 Å². The number of sulfonamides is 1. The van der Waals surface area contributed by atoms with Crippen LogP contribution in [-0.4, -0.2) is 95.7 Å². The largest absolute Gasteiger partial charge is 0.420 e. The molecule has 0 aromatic heterocycles. The van der Waals surface area contributed by atoms with E-state index >= 15 is 0 Å². The number of amidine groups is 1. The number of likely N-dealkylation sites (tertiary alicyclic amines) is 1. The molecule has 0 radical (unpaired) electrons. The maximum Gasteiger partial charge on any atom is 0.420 e. The molecule has 0 aliphatic carbocycles. The number of ether oxygens (including phenoxy) is 2. The first kappa shape index (κ1) is 39.3. The lowest BCUT2D eigenvalue weighted by Crippen LogP contribution is -2.62. The summed E-state index contributed by atoms with van der Waals surface area (Å²) in [4.78, 5) is 88.7. The highest BCUT2D eigenvalue weighted by Gasteiger charge is 2.59. The normalized spacial score (nSPS) is 21.4. The van der Waals surface area contributed by atoms with Crippen molar-refractivity contribution in [2.45, 2.75) is 39.7 Å². The van der Waals surface area contributed by atoms with Gasteiger partial charge in [0.1, 0.15) is 11.5 Å². The summed E-state index contributed by atoms with van der Waals surface area (Å²) in [6.07, 6.45) is -0.0532. The number of β-lactam (4-membered cyclic amide) rings is 1. The van der Waals surface area contributed by atoms with Gasteiger partial charge in [0.25, 0.3) is 21.4 Å². The van der Waals surface area contributed by atoms with Crippen LogP contribution in [0.3, 0.4) is 0 Å². The number of amides is 2. The Morgan fingerprint density at radius 1 is 0.926 bits per heavy atom. The molecule has 2 amide bonds. The number of rotatable bonds is 11. The standard InChI is InChI=1S/C34H36N6O13S/c1-18(2)27-28-19(3)25(29(38(28)30(27)41)33(44)52-31(42)21-5-9-23(10-6-21)39(46)47)17-37-14-13-20(16-37)15-26(36-54(4,50)51)35-34(45)53-32(43)22-7-11-24(12-8-22)40(48)49/h5-12,18-20,27-28H,13-17H2,1-4H3,(H,35,36,45)/t19-,20+,27+,28+/m0/s1. The highest BCUT2D eigenvalue weighted by molar-refractivity contribution is 7.89. The summed E-state index contributed by atoms with van der Waals surface area (Å²) in [5.74, 6) is -4.77. The second kappa shape index (κ2) is 15.6. The second-order valence-corrected chi connectivity index (χ2v) is 15.2. The van der Waals surface area contributed by atoms with Crippen LogP contribution in [0.5, 0.6) is 0 Å². The number of hydrogen-bond acceptors (Lipinski definition) is 14. The predicted molar refractivity (Wildman–Crippen MR) is 187 cm³/mol. The molecule has 20 heteroatoms. The van der Waals surface area contributed by atoms with Crippen molar-refractivity contribution in [3.63, 3.8) is 0 Å². The zero-order valence-corrected chi connectivity index (χ0v) is 30.3. The van der Waals surface area contributed by atoms with E-state index in [-0.39, 0.29) is 82.6 Å². The predicted octanol–water partition coefficient (Wildman–Crippen LogP) is 3.21. The minimum atomic E-state index is -4.02. The average molecular weight is 769 g/mol. The van der Waals surface area contributed by atoms with Gasteiger partial charge in [-0.3, -0.25) is 35.2 Å². The van der Waals surface area contributed by atoms with E-state index in [1.807, 2.05) is 25.7 Å². The maximum atomic E-state index is 13.6. The third-order valence-electron chi connectivity index (χ3n) is 9.47. The monoisotopic (exact) mass is 768 g/mol. The number of nitro benzene ring substituents is 2. The fourth-order valence-corrected chi connectivity index (χ4v) is 7.52. The van der Waals surface area contributed by atoms with Crippen LogP contribution in [0.1, 0.15) is 54.3 Å². The van der Waals surface area contributed by atoms with Gasteiger partial charge in [-0.25, -0.2) is 27.6 Å². The number of fused-ring (bicyclic) bond motifs is 1. The van der Waals surface area contributed by atoms with Gasteiger partial charge in [0.15, 0.2) is 0 Å². The van der Waals surface area contributed by atoms with Crippen molar-refractivity contribution in [3.8, 4) is 0 Å². The number of nitrogens with zero attached hydrogens (tertiary/aromatic N) is 5. The first-order chi connectivity index (χ1) is 25.3. The highest BCUT2D eigenvalue weighted by Crippen LogP contribution is 2.49. The van der Waals surface area contributed by atoms with Crippen LogP contribution in [0, 0.1) is 43.9 Å². The molecule has 2 aromatic carbocycles. The van der Waals surface area contributed by atoms with E-state index in [9.17, 15) is 52.6 Å². The first-order valence-corrected chi connectivity index (χ1v) is 18.5. The fourth-order valence-electron chi connectivity index (χ4n) is 7.00. The summed E-state index contributed by atoms with van der Waals surface area (Å²) in [6.45, 7) is 6.68. The SMILES string of the molecule is CC(C)[C@H]1C(=O)N2C(C(=O)OC(=O)c3ccc([N+](=O)[O-])cc3)=C(CN3CC[C@H](CC(=NS(C)(=O)=O)NC(=O)OC(=O)c4ccc([N+](=O)[O-])cc4)C3)[C@H](C)[C@H]12. The Bertz CT molecular complexity index is 2080. The molecule has 0 unspecified atom stereocenters. The van der Waals surface area contributed by atoms with Crippen molar-refractivity contribution in [2.75, 3.05) is 25.9 Å². The number of hydrogen-bond donors (Lipinski definition) is 1. The van der Waals surface area contributed by atoms with Gasteiger partial charge in [-0.15, -0.1) is 0 Å². The van der Waals surface area contributed by atoms with Crippen LogP contribution in [-0.2, 0) is 29.1 Å². The third-order valence-corrected chi connectivity index (χ3v) is 10.0. The van der Waals surface area contributed by atoms with E-state index in [1.54, 1.807) is 0 Å². The molecular formula is C34H36N6O13S. The summed E-state index contributed by atoms with van der Waals surface area (Å²) in [5.41, 5.74) is -0.290. The van der Waals surface area contributed by atoms with Gasteiger partial charge in [0.05, 0.1) is 39.2 Å². The topological polar surface area (TPSA) is 255 Å².